The Bertz CT molecular complexity index is 872. The molecule has 2 amide bonds. The van der Waals surface area contributed by atoms with Gasteiger partial charge in [-0.2, -0.15) is 13.2 Å². The van der Waals surface area contributed by atoms with Crippen LogP contribution >= 0.6 is 11.8 Å². The molecule has 2 aromatic rings. The maximum Gasteiger partial charge on any atom is 0.422 e. The van der Waals surface area contributed by atoms with Gasteiger partial charge in [-0.1, -0.05) is 18.2 Å². The number of ether oxygens (including phenoxy) is 1. The molecule has 28 heavy (non-hydrogen) atoms. The molecule has 1 aromatic heterocycles. The summed E-state index contributed by atoms with van der Waals surface area (Å²) in [6, 6.07) is 9.21. The molecule has 1 saturated carbocycles. The van der Waals surface area contributed by atoms with E-state index < -0.39 is 18.9 Å². The number of fused-ring (bicyclic) bond motifs is 1. The van der Waals surface area contributed by atoms with Crippen molar-refractivity contribution in [1.82, 2.24) is 15.6 Å². The molecule has 10 heteroatoms. The first-order valence-corrected chi connectivity index (χ1v) is 9.61. The van der Waals surface area contributed by atoms with Crippen molar-refractivity contribution < 1.29 is 27.5 Å². The lowest BCUT2D eigenvalue weighted by molar-refractivity contribution is -0.160. The van der Waals surface area contributed by atoms with E-state index in [0.29, 0.717) is 21.9 Å². The largest absolute Gasteiger partial charge is 0.440 e. The quantitative estimate of drug-likeness (QED) is 0.536. The Labute approximate surface area is 163 Å². The number of aromatic nitrogens is 1. The summed E-state index contributed by atoms with van der Waals surface area (Å²) in [5.74, 6) is 0.202. The van der Waals surface area contributed by atoms with Crippen molar-refractivity contribution in [3.05, 3.63) is 35.9 Å². The number of alkyl halides is 3. The van der Waals surface area contributed by atoms with Gasteiger partial charge in [0.25, 0.3) is 5.91 Å². The third-order valence-electron chi connectivity index (χ3n) is 3.84. The number of halogens is 3. The normalized spacial score (nSPS) is 14.0. The number of carbonyl (C=O) groups is 2. The third kappa shape index (κ3) is 6.01. The van der Waals surface area contributed by atoms with Gasteiger partial charge in [-0.05, 0) is 25.0 Å². The highest BCUT2D eigenvalue weighted by atomic mass is 32.2. The predicted octanol–water partition coefficient (Wildman–Crippen LogP) is 3.51. The lowest BCUT2D eigenvalue weighted by Crippen LogP contribution is -2.30. The van der Waals surface area contributed by atoms with Crippen LogP contribution in [-0.4, -0.2) is 48.1 Å². The third-order valence-corrected chi connectivity index (χ3v) is 4.75. The van der Waals surface area contributed by atoms with Crippen LogP contribution in [0.5, 0.6) is 0 Å². The molecule has 1 heterocycles. The minimum Gasteiger partial charge on any atom is -0.440 e. The van der Waals surface area contributed by atoms with Crippen LogP contribution in [0.25, 0.3) is 10.9 Å². The van der Waals surface area contributed by atoms with Crippen molar-refractivity contribution in [3.63, 3.8) is 0 Å². The highest BCUT2D eigenvalue weighted by molar-refractivity contribution is 7.99. The van der Waals surface area contributed by atoms with Crippen molar-refractivity contribution in [2.45, 2.75) is 30.1 Å². The Kier molecular flexibility index (Phi) is 6.28. The maximum atomic E-state index is 12.5. The first-order chi connectivity index (χ1) is 13.3. The summed E-state index contributed by atoms with van der Waals surface area (Å²) in [5, 5.41) is 6.54. The molecule has 1 aliphatic carbocycles. The monoisotopic (exact) mass is 413 g/mol. The summed E-state index contributed by atoms with van der Waals surface area (Å²) < 4.78 is 40.0. The van der Waals surface area contributed by atoms with Gasteiger partial charge in [0.1, 0.15) is 0 Å². The lowest BCUT2D eigenvalue weighted by atomic mass is 10.1. The average molecular weight is 413 g/mol. The summed E-state index contributed by atoms with van der Waals surface area (Å²) in [6.07, 6.45) is -3.73. The predicted molar refractivity (Wildman–Crippen MR) is 98.4 cm³/mol. The smallest absolute Gasteiger partial charge is 0.422 e. The summed E-state index contributed by atoms with van der Waals surface area (Å²) in [7, 11) is 0. The zero-order chi connectivity index (χ0) is 20.1. The van der Waals surface area contributed by atoms with Gasteiger partial charge in [0.15, 0.2) is 6.61 Å². The minimum absolute atomic E-state index is 0.0967. The molecular formula is C18H18F3N3O3S. The first kappa shape index (κ1) is 20.2. The van der Waals surface area contributed by atoms with Crippen LogP contribution in [0.4, 0.5) is 18.0 Å². The Morgan fingerprint density at radius 1 is 1.25 bits per heavy atom. The zero-order valence-corrected chi connectivity index (χ0v) is 15.5. The van der Waals surface area contributed by atoms with Gasteiger partial charge in [0, 0.05) is 23.7 Å². The van der Waals surface area contributed by atoms with Crippen molar-refractivity contribution in [1.29, 1.82) is 0 Å². The maximum absolute atomic E-state index is 12.5. The highest BCUT2D eigenvalue weighted by Crippen LogP contribution is 2.26. The van der Waals surface area contributed by atoms with Crippen LogP contribution in [-0.2, 0) is 4.74 Å². The van der Waals surface area contributed by atoms with Crippen LogP contribution < -0.4 is 10.6 Å². The number of pyridine rings is 1. The van der Waals surface area contributed by atoms with Crippen LogP contribution in [0.3, 0.4) is 0 Å². The van der Waals surface area contributed by atoms with Gasteiger partial charge >= 0.3 is 12.3 Å². The second-order valence-corrected chi connectivity index (χ2v) is 7.35. The van der Waals surface area contributed by atoms with E-state index in [-0.39, 0.29) is 18.5 Å². The molecule has 2 N–H and O–H groups in total. The highest BCUT2D eigenvalue weighted by Gasteiger charge is 2.29. The number of para-hydroxylation sites is 1. The summed E-state index contributed by atoms with van der Waals surface area (Å²) in [4.78, 5) is 28.2. The molecule has 1 aromatic carbocycles. The molecule has 0 spiro atoms. The standard InChI is InChI=1S/C18H18F3N3O3S/c19-18(20,21)10-27-17(26)22-7-8-28-15-9-13(16(25)23-11-5-6-11)12-3-1-2-4-14(12)24-15/h1-4,9,11H,5-8,10H2,(H,22,26)(H,23,25). The molecule has 0 saturated heterocycles. The minimum atomic E-state index is -4.56. The number of rotatable bonds is 7. The van der Waals surface area contributed by atoms with Gasteiger partial charge < -0.3 is 15.4 Å². The number of nitrogens with zero attached hydrogens (tertiary/aromatic N) is 1. The molecule has 1 aliphatic rings. The topological polar surface area (TPSA) is 80.3 Å². The van der Waals surface area contributed by atoms with Gasteiger partial charge in [0.05, 0.1) is 16.1 Å². The van der Waals surface area contributed by atoms with E-state index in [4.69, 9.17) is 0 Å². The second-order valence-electron chi connectivity index (χ2n) is 6.24. The number of thioether (sulfide) groups is 1. The fourth-order valence-corrected chi connectivity index (χ4v) is 3.19. The Balaban J connectivity index is 1.58. The first-order valence-electron chi connectivity index (χ1n) is 8.62. The molecule has 0 aliphatic heterocycles. The van der Waals surface area contributed by atoms with Crippen molar-refractivity contribution in [2.75, 3.05) is 18.9 Å². The van der Waals surface area contributed by atoms with E-state index >= 15 is 0 Å². The van der Waals surface area contributed by atoms with Crippen LogP contribution in [0.1, 0.15) is 23.2 Å². The molecule has 6 nitrogen and oxygen atoms in total. The number of nitrogens with one attached hydrogen (secondary N) is 2. The number of hydrogen-bond donors (Lipinski definition) is 2. The number of alkyl carbamates (subject to hydrolysis) is 1. The summed E-state index contributed by atoms with van der Waals surface area (Å²) in [5.41, 5.74) is 1.20. The van der Waals surface area contributed by atoms with Gasteiger partial charge in [-0.25, -0.2) is 9.78 Å². The summed E-state index contributed by atoms with van der Waals surface area (Å²) >= 11 is 1.28. The van der Waals surface area contributed by atoms with Crippen LogP contribution in [0, 0.1) is 0 Å². The van der Waals surface area contributed by atoms with Gasteiger partial charge in [-0.3, -0.25) is 4.79 Å². The molecule has 0 radical (unpaired) electrons. The van der Waals surface area contributed by atoms with E-state index in [1.807, 2.05) is 18.2 Å². The number of benzene rings is 1. The van der Waals surface area contributed by atoms with E-state index in [1.54, 1.807) is 12.1 Å². The van der Waals surface area contributed by atoms with E-state index in [0.717, 1.165) is 18.2 Å². The van der Waals surface area contributed by atoms with Crippen LogP contribution in [0.2, 0.25) is 0 Å². The molecule has 1 fully saturated rings. The number of amides is 2. The average Bonchev–Trinajstić information content (AvgIpc) is 3.46. The molecule has 0 bridgehead atoms. The van der Waals surface area contributed by atoms with Crippen LogP contribution in [0.15, 0.2) is 35.4 Å². The lowest BCUT2D eigenvalue weighted by Gasteiger charge is -2.11. The van der Waals surface area contributed by atoms with Gasteiger partial charge in [-0.15, -0.1) is 11.8 Å². The zero-order valence-electron chi connectivity index (χ0n) is 14.7. The van der Waals surface area contributed by atoms with Crippen molar-refractivity contribution in [2.24, 2.45) is 0 Å². The molecule has 3 rings (SSSR count). The number of carbonyl (C=O) groups excluding carboxylic acids is 2. The van der Waals surface area contributed by atoms with Crippen molar-refractivity contribution in [3.8, 4) is 0 Å². The molecule has 0 unspecified atom stereocenters. The Morgan fingerprint density at radius 2 is 2.00 bits per heavy atom. The van der Waals surface area contributed by atoms with E-state index in [2.05, 4.69) is 20.4 Å². The summed E-state index contributed by atoms with van der Waals surface area (Å²) in [6.45, 7) is -1.53. The van der Waals surface area contributed by atoms with Crippen molar-refractivity contribution >= 4 is 34.7 Å². The SMILES string of the molecule is O=C(NCCSc1cc(C(=O)NC2CC2)c2ccccc2n1)OCC(F)(F)F. The second kappa shape index (κ2) is 8.68. The number of hydrogen-bond acceptors (Lipinski definition) is 5. The Hall–Kier alpha value is -2.49. The molecular weight excluding hydrogens is 395 g/mol. The van der Waals surface area contributed by atoms with E-state index in [9.17, 15) is 22.8 Å². The Morgan fingerprint density at radius 3 is 2.71 bits per heavy atom. The molecule has 0 atom stereocenters. The molecule has 150 valence electrons. The fraction of sp³-hybridized carbons (Fsp3) is 0.389. The van der Waals surface area contributed by atoms with E-state index in [1.165, 1.54) is 11.8 Å². The van der Waals surface area contributed by atoms with Gasteiger partial charge in [0.2, 0.25) is 0 Å². The fourth-order valence-electron chi connectivity index (χ4n) is 2.41.